The summed E-state index contributed by atoms with van der Waals surface area (Å²) in [6.07, 6.45) is 4.92. The van der Waals surface area contributed by atoms with Crippen LogP contribution in [0.15, 0.2) is 42.7 Å². The molecule has 1 saturated heterocycles. The molecule has 2 heterocycles. The van der Waals surface area contributed by atoms with Gasteiger partial charge < -0.3 is 19.7 Å². The van der Waals surface area contributed by atoms with Gasteiger partial charge >= 0.3 is 0 Å². The maximum atomic E-state index is 12.8. The molecule has 0 aliphatic carbocycles. The zero-order valence-corrected chi connectivity index (χ0v) is 16.2. The predicted octanol–water partition coefficient (Wildman–Crippen LogP) is 2.38. The molecule has 0 saturated carbocycles. The average molecular weight is 383 g/mol. The van der Waals surface area contributed by atoms with Gasteiger partial charge in [-0.2, -0.15) is 0 Å². The summed E-state index contributed by atoms with van der Waals surface area (Å²) < 4.78 is 10.5. The van der Waals surface area contributed by atoms with Crippen molar-refractivity contribution in [1.29, 1.82) is 0 Å². The number of hydrogen-bond acceptors (Lipinski definition) is 5. The second kappa shape index (κ2) is 9.21. The molecule has 1 aromatic carbocycles. The lowest BCUT2D eigenvalue weighted by molar-refractivity contribution is 0.0684. The lowest BCUT2D eigenvalue weighted by Crippen LogP contribution is -2.41. The number of likely N-dealkylation sites (tertiary alicyclic amines) is 1. The highest BCUT2D eigenvalue weighted by atomic mass is 16.5. The second-order valence-corrected chi connectivity index (χ2v) is 6.75. The number of rotatable bonds is 6. The monoisotopic (exact) mass is 383 g/mol. The van der Waals surface area contributed by atoms with Crippen LogP contribution in [0.2, 0.25) is 0 Å². The molecule has 2 amide bonds. The number of hydrogen-bond donors (Lipinski definition) is 1. The van der Waals surface area contributed by atoms with Crippen LogP contribution < -0.4 is 14.8 Å². The summed E-state index contributed by atoms with van der Waals surface area (Å²) in [4.78, 5) is 30.7. The van der Waals surface area contributed by atoms with Gasteiger partial charge in [-0.1, -0.05) is 0 Å². The van der Waals surface area contributed by atoms with E-state index in [2.05, 4.69) is 10.3 Å². The minimum absolute atomic E-state index is 0.0137. The van der Waals surface area contributed by atoms with E-state index in [-0.39, 0.29) is 11.8 Å². The molecule has 0 radical (unpaired) electrons. The summed E-state index contributed by atoms with van der Waals surface area (Å²) in [5.74, 6) is 1.40. The molecule has 0 unspecified atom stereocenters. The minimum atomic E-state index is -0.0915. The van der Waals surface area contributed by atoms with E-state index in [4.69, 9.17) is 9.47 Å². The van der Waals surface area contributed by atoms with E-state index in [1.54, 1.807) is 56.9 Å². The molecular formula is C21H25N3O4. The molecule has 1 N–H and O–H groups in total. The van der Waals surface area contributed by atoms with Gasteiger partial charge in [0, 0.05) is 43.2 Å². The Labute approximate surface area is 164 Å². The molecule has 0 spiro atoms. The summed E-state index contributed by atoms with van der Waals surface area (Å²) in [6.45, 7) is 1.95. The number of piperidine rings is 1. The van der Waals surface area contributed by atoms with Gasteiger partial charge in [0.25, 0.3) is 11.8 Å². The second-order valence-electron chi connectivity index (χ2n) is 6.75. The van der Waals surface area contributed by atoms with E-state index in [0.717, 1.165) is 12.8 Å². The van der Waals surface area contributed by atoms with Crippen molar-refractivity contribution in [2.24, 2.45) is 5.92 Å². The van der Waals surface area contributed by atoms with Crippen LogP contribution in [0.25, 0.3) is 0 Å². The zero-order valence-electron chi connectivity index (χ0n) is 16.2. The molecule has 1 aliphatic heterocycles. The van der Waals surface area contributed by atoms with Crippen molar-refractivity contribution in [3.05, 3.63) is 53.9 Å². The molecule has 28 heavy (non-hydrogen) atoms. The number of amides is 2. The van der Waals surface area contributed by atoms with Crippen LogP contribution in [0.1, 0.15) is 33.6 Å². The zero-order chi connectivity index (χ0) is 19.9. The van der Waals surface area contributed by atoms with E-state index in [0.29, 0.717) is 48.2 Å². The third-order valence-electron chi connectivity index (χ3n) is 5.03. The van der Waals surface area contributed by atoms with Crippen LogP contribution in [0.4, 0.5) is 0 Å². The van der Waals surface area contributed by atoms with E-state index in [1.807, 2.05) is 4.90 Å². The molecule has 2 aromatic rings. The molecule has 1 aromatic heterocycles. The van der Waals surface area contributed by atoms with Gasteiger partial charge in [0.2, 0.25) is 0 Å². The van der Waals surface area contributed by atoms with Crippen molar-refractivity contribution in [1.82, 2.24) is 15.2 Å². The van der Waals surface area contributed by atoms with Crippen molar-refractivity contribution in [2.45, 2.75) is 12.8 Å². The van der Waals surface area contributed by atoms with E-state index >= 15 is 0 Å². The third-order valence-corrected chi connectivity index (χ3v) is 5.03. The highest BCUT2D eigenvalue weighted by molar-refractivity contribution is 5.95. The van der Waals surface area contributed by atoms with Crippen molar-refractivity contribution in [3.8, 4) is 11.5 Å². The van der Waals surface area contributed by atoms with Crippen LogP contribution in [-0.4, -0.2) is 55.6 Å². The molecule has 148 valence electrons. The van der Waals surface area contributed by atoms with Gasteiger partial charge in [-0.05, 0) is 49.1 Å². The largest absolute Gasteiger partial charge is 0.493 e. The van der Waals surface area contributed by atoms with Crippen molar-refractivity contribution < 1.29 is 19.1 Å². The number of nitrogens with zero attached hydrogens (tertiary/aromatic N) is 2. The molecule has 0 atom stereocenters. The summed E-state index contributed by atoms with van der Waals surface area (Å²) in [5.41, 5.74) is 1.19. The molecule has 7 nitrogen and oxygen atoms in total. The number of benzene rings is 1. The fourth-order valence-corrected chi connectivity index (χ4v) is 3.33. The minimum Gasteiger partial charge on any atom is -0.493 e. The number of pyridine rings is 1. The van der Waals surface area contributed by atoms with Gasteiger partial charge in [-0.25, -0.2) is 0 Å². The number of ether oxygens (including phenoxy) is 2. The summed E-state index contributed by atoms with van der Waals surface area (Å²) >= 11 is 0. The predicted molar refractivity (Wildman–Crippen MR) is 105 cm³/mol. The van der Waals surface area contributed by atoms with Crippen molar-refractivity contribution in [3.63, 3.8) is 0 Å². The van der Waals surface area contributed by atoms with Gasteiger partial charge in [-0.3, -0.25) is 14.6 Å². The maximum absolute atomic E-state index is 12.8. The van der Waals surface area contributed by atoms with Crippen molar-refractivity contribution in [2.75, 3.05) is 33.9 Å². The quantitative estimate of drug-likeness (QED) is 0.828. The van der Waals surface area contributed by atoms with Crippen LogP contribution in [-0.2, 0) is 0 Å². The highest BCUT2D eigenvalue weighted by Gasteiger charge is 2.24. The van der Waals surface area contributed by atoms with E-state index < -0.39 is 0 Å². The third kappa shape index (κ3) is 4.60. The number of methoxy groups -OCH3 is 2. The fraction of sp³-hybridized carbons (Fsp3) is 0.381. The van der Waals surface area contributed by atoms with Gasteiger partial charge in [-0.15, -0.1) is 0 Å². The number of carbonyl (C=O) groups is 2. The first kappa shape index (κ1) is 19.7. The van der Waals surface area contributed by atoms with Crippen LogP contribution in [0.5, 0.6) is 11.5 Å². The van der Waals surface area contributed by atoms with Gasteiger partial charge in [0.1, 0.15) is 0 Å². The molecule has 7 heteroatoms. The Bertz CT molecular complexity index is 818. The summed E-state index contributed by atoms with van der Waals surface area (Å²) in [6, 6.07) is 8.60. The lowest BCUT2D eigenvalue weighted by atomic mass is 9.96. The number of carbonyl (C=O) groups excluding carboxylic acids is 2. The van der Waals surface area contributed by atoms with Crippen LogP contribution in [0.3, 0.4) is 0 Å². The molecule has 0 bridgehead atoms. The Hall–Kier alpha value is -3.09. The fourth-order valence-electron chi connectivity index (χ4n) is 3.33. The molecular weight excluding hydrogens is 358 g/mol. The number of nitrogens with one attached hydrogen (secondary N) is 1. The Morgan fingerprint density at radius 2 is 1.71 bits per heavy atom. The van der Waals surface area contributed by atoms with Gasteiger partial charge in [0.15, 0.2) is 11.5 Å². The topological polar surface area (TPSA) is 80.8 Å². The first-order valence-electron chi connectivity index (χ1n) is 9.32. The van der Waals surface area contributed by atoms with E-state index in [9.17, 15) is 9.59 Å². The van der Waals surface area contributed by atoms with Gasteiger partial charge in [0.05, 0.1) is 14.2 Å². The van der Waals surface area contributed by atoms with Crippen LogP contribution in [0, 0.1) is 5.92 Å². The molecule has 3 rings (SSSR count). The Balaban J connectivity index is 1.51. The normalized spacial score (nSPS) is 14.4. The molecule has 1 fully saturated rings. The standard InChI is InChI=1S/C21H25N3O4/c1-27-18-4-3-17(13-19(18)28-2)21(26)24-11-7-15(8-12-24)14-23-20(25)16-5-9-22-10-6-16/h3-6,9-10,13,15H,7-8,11-12,14H2,1-2H3,(H,23,25). The Morgan fingerprint density at radius 1 is 1.04 bits per heavy atom. The Kier molecular flexibility index (Phi) is 6.47. The smallest absolute Gasteiger partial charge is 0.253 e. The summed E-state index contributed by atoms with van der Waals surface area (Å²) in [5, 5.41) is 2.97. The first-order valence-corrected chi connectivity index (χ1v) is 9.32. The van der Waals surface area contributed by atoms with Crippen LogP contribution >= 0.6 is 0 Å². The summed E-state index contributed by atoms with van der Waals surface area (Å²) in [7, 11) is 3.12. The highest BCUT2D eigenvalue weighted by Crippen LogP contribution is 2.28. The van der Waals surface area contributed by atoms with Crippen molar-refractivity contribution >= 4 is 11.8 Å². The first-order chi connectivity index (χ1) is 13.6. The number of aromatic nitrogens is 1. The maximum Gasteiger partial charge on any atom is 0.253 e. The van der Waals surface area contributed by atoms with E-state index in [1.165, 1.54) is 0 Å². The lowest BCUT2D eigenvalue weighted by Gasteiger charge is -2.32. The SMILES string of the molecule is COc1ccc(C(=O)N2CCC(CNC(=O)c3ccncc3)CC2)cc1OC. The average Bonchev–Trinajstić information content (AvgIpc) is 2.77. The Morgan fingerprint density at radius 3 is 2.36 bits per heavy atom. The molecule has 1 aliphatic rings.